The third-order valence-corrected chi connectivity index (χ3v) is 3.46. The summed E-state index contributed by atoms with van der Waals surface area (Å²) >= 11 is 5.76. The molecule has 0 amide bonds. The van der Waals surface area contributed by atoms with Gasteiger partial charge in [-0.1, -0.05) is 35.9 Å². The van der Waals surface area contributed by atoms with Gasteiger partial charge in [0.1, 0.15) is 11.6 Å². The zero-order valence-corrected chi connectivity index (χ0v) is 12.0. The third-order valence-electron chi connectivity index (χ3n) is 3.17. The summed E-state index contributed by atoms with van der Waals surface area (Å²) in [6.45, 7) is 0. The second kappa shape index (κ2) is 6.73. The van der Waals surface area contributed by atoms with Crippen LogP contribution in [0.4, 0.5) is 4.39 Å². The third kappa shape index (κ3) is 3.71. The minimum atomic E-state index is -0.376. The van der Waals surface area contributed by atoms with Crippen molar-refractivity contribution in [3.63, 3.8) is 0 Å². The lowest BCUT2D eigenvalue weighted by Gasteiger charge is -2.13. The molecule has 0 spiro atoms. The number of methoxy groups -OCH3 is 1. The van der Waals surface area contributed by atoms with Gasteiger partial charge in [0.25, 0.3) is 0 Å². The zero-order valence-electron chi connectivity index (χ0n) is 11.3. The van der Waals surface area contributed by atoms with Crippen LogP contribution >= 0.6 is 11.6 Å². The highest BCUT2D eigenvalue weighted by atomic mass is 35.5. The summed E-state index contributed by atoms with van der Waals surface area (Å²) in [4.78, 5) is 0. The highest BCUT2D eigenvalue weighted by molar-refractivity contribution is 6.30. The van der Waals surface area contributed by atoms with Crippen LogP contribution in [0.15, 0.2) is 42.5 Å². The first-order valence-electron chi connectivity index (χ1n) is 6.41. The molecule has 0 aliphatic rings. The van der Waals surface area contributed by atoms with E-state index in [2.05, 4.69) is 0 Å². The van der Waals surface area contributed by atoms with Crippen LogP contribution in [0.3, 0.4) is 0 Å². The van der Waals surface area contributed by atoms with Crippen molar-refractivity contribution in [3.8, 4) is 5.75 Å². The van der Waals surface area contributed by atoms with E-state index in [0.717, 1.165) is 11.3 Å². The Balaban J connectivity index is 2.01. The van der Waals surface area contributed by atoms with Crippen molar-refractivity contribution < 1.29 is 9.13 Å². The van der Waals surface area contributed by atoms with Crippen LogP contribution in [0.25, 0.3) is 0 Å². The van der Waals surface area contributed by atoms with E-state index in [1.807, 2.05) is 24.3 Å². The first kappa shape index (κ1) is 14.8. The predicted octanol–water partition coefficient (Wildman–Crippen LogP) is 3.60. The molecule has 0 aliphatic heterocycles. The van der Waals surface area contributed by atoms with Crippen LogP contribution < -0.4 is 10.5 Å². The summed E-state index contributed by atoms with van der Waals surface area (Å²) < 4.78 is 18.9. The molecule has 4 heteroatoms. The summed E-state index contributed by atoms with van der Waals surface area (Å²) in [7, 11) is 1.63. The molecule has 0 radical (unpaired) electrons. The van der Waals surface area contributed by atoms with Gasteiger partial charge in [-0.3, -0.25) is 0 Å². The van der Waals surface area contributed by atoms with Crippen LogP contribution in [0.2, 0.25) is 5.02 Å². The van der Waals surface area contributed by atoms with E-state index < -0.39 is 0 Å². The normalized spacial score (nSPS) is 12.2. The Hall–Kier alpha value is -1.58. The van der Waals surface area contributed by atoms with E-state index in [0.29, 0.717) is 18.4 Å². The molecular formula is C16H17ClFNO. The molecule has 2 aromatic carbocycles. The Kier molecular flexibility index (Phi) is 4.99. The Bertz CT molecular complexity index is 571. The van der Waals surface area contributed by atoms with Gasteiger partial charge in [-0.05, 0) is 42.2 Å². The summed E-state index contributed by atoms with van der Waals surface area (Å²) in [6, 6.07) is 12.5. The molecule has 1 unspecified atom stereocenters. The van der Waals surface area contributed by atoms with E-state index in [1.54, 1.807) is 19.2 Å². The number of rotatable bonds is 5. The van der Waals surface area contributed by atoms with Gasteiger partial charge in [0.2, 0.25) is 0 Å². The van der Waals surface area contributed by atoms with Gasteiger partial charge in [0.15, 0.2) is 0 Å². The number of halogens is 2. The Morgan fingerprint density at radius 2 is 1.85 bits per heavy atom. The topological polar surface area (TPSA) is 35.2 Å². The van der Waals surface area contributed by atoms with E-state index in [-0.39, 0.29) is 16.9 Å². The lowest BCUT2D eigenvalue weighted by atomic mass is 9.99. The molecule has 0 aromatic heterocycles. The fourth-order valence-corrected chi connectivity index (χ4v) is 2.32. The van der Waals surface area contributed by atoms with E-state index in [1.165, 1.54) is 6.07 Å². The van der Waals surface area contributed by atoms with Crippen molar-refractivity contribution in [3.05, 3.63) is 64.4 Å². The number of nitrogens with two attached hydrogens (primary N) is 1. The largest absolute Gasteiger partial charge is 0.497 e. The molecule has 2 N–H and O–H groups in total. The minimum absolute atomic E-state index is 0.138. The van der Waals surface area contributed by atoms with Crippen molar-refractivity contribution >= 4 is 11.6 Å². The van der Waals surface area contributed by atoms with Gasteiger partial charge in [-0.2, -0.15) is 0 Å². The van der Waals surface area contributed by atoms with E-state index >= 15 is 0 Å². The summed E-state index contributed by atoms with van der Waals surface area (Å²) in [5, 5.41) is 0.138. The molecule has 20 heavy (non-hydrogen) atoms. The van der Waals surface area contributed by atoms with Crippen LogP contribution in [0, 0.1) is 5.82 Å². The molecule has 2 aromatic rings. The predicted molar refractivity (Wildman–Crippen MR) is 79.8 cm³/mol. The van der Waals surface area contributed by atoms with Crippen LogP contribution in [0.1, 0.15) is 11.1 Å². The summed E-state index contributed by atoms with van der Waals surface area (Å²) in [6.07, 6.45) is 1.13. The summed E-state index contributed by atoms with van der Waals surface area (Å²) in [5.41, 5.74) is 7.74. The van der Waals surface area contributed by atoms with Crippen LogP contribution in [0.5, 0.6) is 5.75 Å². The fraction of sp³-hybridized carbons (Fsp3) is 0.250. The maximum Gasteiger partial charge on any atom is 0.145 e. The Morgan fingerprint density at radius 1 is 1.15 bits per heavy atom. The smallest absolute Gasteiger partial charge is 0.145 e. The monoisotopic (exact) mass is 293 g/mol. The molecule has 0 aliphatic carbocycles. The van der Waals surface area contributed by atoms with Crippen molar-refractivity contribution in [2.45, 2.75) is 18.9 Å². The number of hydrogen-bond acceptors (Lipinski definition) is 2. The van der Waals surface area contributed by atoms with E-state index in [4.69, 9.17) is 22.1 Å². The maximum absolute atomic E-state index is 13.8. The standard InChI is InChI=1S/C16H17ClFNO/c1-20-14-7-5-11(6-8-14)9-13(19)10-12-3-2-4-15(17)16(12)18/h2-8,13H,9-10,19H2,1H3. The molecule has 2 rings (SSSR count). The minimum Gasteiger partial charge on any atom is -0.497 e. The van der Waals surface area contributed by atoms with E-state index in [9.17, 15) is 4.39 Å². The Labute approximate surface area is 123 Å². The fourth-order valence-electron chi connectivity index (χ4n) is 2.13. The molecule has 0 bridgehead atoms. The zero-order chi connectivity index (χ0) is 14.5. The maximum atomic E-state index is 13.8. The summed E-state index contributed by atoms with van der Waals surface area (Å²) in [5.74, 6) is 0.433. The van der Waals surface area contributed by atoms with Gasteiger partial charge >= 0.3 is 0 Å². The first-order valence-corrected chi connectivity index (χ1v) is 6.79. The van der Waals surface area contributed by atoms with Crippen molar-refractivity contribution in [2.75, 3.05) is 7.11 Å². The average Bonchev–Trinajstić information content (AvgIpc) is 2.45. The average molecular weight is 294 g/mol. The molecule has 1 atom stereocenters. The molecule has 0 fully saturated rings. The van der Waals surface area contributed by atoms with Gasteiger partial charge < -0.3 is 10.5 Å². The lowest BCUT2D eigenvalue weighted by molar-refractivity contribution is 0.414. The second-order valence-corrected chi connectivity index (χ2v) is 5.14. The van der Waals surface area contributed by atoms with Gasteiger partial charge in [0, 0.05) is 6.04 Å². The van der Waals surface area contributed by atoms with Gasteiger partial charge in [-0.25, -0.2) is 4.39 Å². The SMILES string of the molecule is COc1ccc(CC(N)Cc2cccc(Cl)c2F)cc1. The van der Waals surface area contributed by atoms with Crippen molar-refractivity contribution in [1.82, 2.24) is 0 Å². The highest BCUT2D eigenvalue weighted by Gasteiger charge is 2.11. The first-order chi connectivity index (χ1) is 9.60. The molecule has 0 saturated carbocycles. The number of ether oxygens (including phenoxy) is 1. The molecular weight excluding hydrogens is 277 g/mol. The highest BCUT2D eigenvalue weighted by Crippen LogP contribution is 2.20. The Morgan fingerprint density at radius 3 is 2.50 bits per heavy atom. The number of hydrogen-bond donors (Lipinski definition) is 1. The lowest BCUT2D eigenvalue weighted by Crippen LogP contribution is -2.26. The van der Waals surface area contributed by atoms with Crippen molar-refractivity contribution in [2.24, 2.45) is 5.73 Å². The van der Waals surface area contributed by atoms with Gasteiger partial charge in [0.05, 0.1) is 12.1 Å². The van der Waals surface area contributed by atoms with Gasteiger partial charge in [-0.15, -0.1) is 0 Å². The van der Waals surface area contributed by atoms with Crippen LogP contribution in [-0.4, -0.2) is 13.2 Å². The quantitative estimate of drug-likeness (QED) is 0.914. The van der Waals surface area contributed by atoms with Crippen molar-refractivity contribution in [1.29, 1.82) is 0 Å². The molecule has 0 heterocycles. The molecule has 0 saturated heterocycles. The molecule has 106 valence electrons. The van der Waals surface area contributed by atoms with Crippen LogP contribution in [-0.2, 0) is 12.8 Å². The molecule has 2 nitrogen and oxygen atoms in total. The second-order valence-electron chi connectivity index (χ2n) is 4.73. The number of benzene rings is 2.